The molecule has 0 spiro atoms. The zero-order valence-corrected chi connectivity index (χ0v) is 11.1. The van der Waals surface area contributed by atoms with Gasteiger partial charge >= 0.3 is 0 Å². The van der Waals surface area contributed by atoms with Crippen LogP contribution in [0.15, 0.2) is 10.6 Å². The molecular formula is C13H22N4O. The predicted molar refractivity (Wildman–Crippen MR) is 71.1 cm³/mol. The van der Waals surface area contributed by atoms with Crippen molar-refractivity contribution in [1.82, 2.24) is 15.4 Å². The molecule has 5 nitrogen and oxygen atoms in total. The van der Waals surface area contributed by atoms with Crippen LogP contribution in [0.5, 0.6) is 0 Å². The van der Waals surface area contributed by atoms with Crippen LogP contribution in [0, 0.1) is 0 Å². The van der Waals surface area contributed by atoms with E-state index in [1.54, 1.807) is 0 Å². The molecule has 0 radical (unpaired) electrons. The topological polar surface area (TPSA) is 44.5 Å². The van der Waals surface area contributed by atoms with E-state index in [1.807, 2.05) is 0 Å². The van der Waals surface area contributed by atoms with Gasteiger partial charge in [-0.15, -0.1) is 0 Å². The average molecular weight is 250 g/mol. The SMILES string of the molecule is CN1CCCC(c2cc(N3CCNCC3)on2)C1. The summed E-state index contributed by atoms with van der Waals surface area (Å²) in [5, 5.41) is 7.64. The summed E-state index contributed by atoms with van der Waals surface area (Å²) in [6.07, 6.45) is 2.49. The van der Waals surface area contributed by atoms with Gasteiger partial charge in [-0.3, -0.25) is 0 Å². The van der Waals surface area contributed by atoms with Crippen LogP contribution in [-0.2, 0) is 0 Å². The van der Waals surface area contributed by atoms with Crippen molar-refractivity contribution < 1.29 is 4.52 Å². The fraction of sp³-hybridized carbons (Fsp3) is 0.769. The lowest BCUT2D eigenvalue weighted by atomic mass is 9.95. The maximum absolute atomic E-state index is 5.52. The molecule has 1 aromatic heterocycles. The molecule has 0 saturated carbocycles. The molecule has 0 aliphatic carbocycles. The molecule has 5 heteroatoms. The number of piperazine rings is 1. The molecule has 2 aliphatic rings. The van der Waals surface area contributed by atoms with Crippen LogP contribution >= 0.6 is 0 Å². The van der Waals surface area contributed by atoms with Crippen LogP contribution in [0.2, 0.25) is 0 Å². The van der Waals surface area contributed by atoms with E-state index in [2.05, 4.69) is 33.4 Å². The van der Waals surface area contributed by atoms with Crippen molar-refractivity contribution in [2.45, 2.75) is 18.8 Å². The van der Waals surface area contributed by atoms with Crippen molar-refractivity contribution in [3.8, 4) is 0 Å². The number of piperidine rings is 1. The molecule has 2 fully saturated rings. The van der Waals surface area contributed by atoms with Gasteiger partial charge < -0.3 is 19.6 Å². The van der Waals surface area contributed by atoms with E-state index in [4.69, 9.17) is 4.52 Å². The van der Waals surface area contributed by atoms with E-state index < -0.39 is 0 Å². The Hall–Kier alpha value is -1.07. The van der Waals surface area contributed by atoms with E-state index in [9.17, 15) is 0 Å². The van der Waals surface area contributed by atoms with Gasteiger partial charge in [-0.05, 0) is 26.4 Å². The van der Waals surface area contributed by atoms with Crippen molar-refractivity contribution in [1.29, 1.82) is 0 Å². The zero-order chi connectivity index (χ0) is 12.4. The Morgan fingerprint density at radius 3 is 2.94 bits per heavy atom. The van der Waals surface area contributed by atoms with Gasteiger partial charge in [-0.2, -0.15) is 0 Å². The van der Waals surface area contributed by atoms with Crippen LogP contribution in [0.4, 0.5) is 5.88 Å². The monoisotopic (exact) mass is 250 g/mol. The van der Waals surface area contributed by atoms with Gasteiger partial charge in [-0.25, -0.2) is 0 Å². The highest BCUT2D eigenvalue weighted by molar-refractivity contribution is 5.37. The number of nitrogens with one attached hydrogen (secondary N) is 1. The fourth-order valence-electron chi connectivity index (χ4n) is 2.91. The third kappa shape index (κ3) is 2.52. The van der Waals surface area contributed by atoms with Gasteiger partial charge in [0.2, 0.25) is 5.88 Å². The largest absolute Gasteiger partial charge is 0.338 e. The summed E-state index contributed by atoms with van der Waals surface area (Å²) in [4.78, 5) is 4.66. The van der Waals surface area contributed by atoms with Crippen LogP contribution in [0.1, 0.15) is 24.5 Å². The van der Waals surface area contributed by atoms with E-state index >= 15 is 0 Å². The lowest BCUT2D eigenvalue weighted by Crippen LogP contribution is -2.43. The van der Waals surface area contributed by atoms with Crippen molar-refractivity contribution in [3.05, 3.63) is 11.8 Å². The Morgan fingerprint density at radius 1 is 1.33 bits per heavy atom. The quantitative estimate of drug-likeness (QED) is 0.844. The minimum atomic E-state index is 0.546. The van der Waals surface area contributed by atoms with Gasteiger partial charge in [-0.1, -0.05) is 5.16 Å². The minimum Gasteiger partial charge on any atom is -0.338 e. The highest BCUT2D eigenvalue weighted by atomic mass is 16.5. The molecule has 2 saturated heterocycles. The summed E-state index contributed by atoms with van der Waals surface area (Å²) in [5.41, 5.74) is 1.13. The fourth-order valence-corrected chi connectivity index (χ4v) is 2.91. The molecule has 1 aromatic rings. The first-order valence-electron chi connectivity index (χ1n) is 6.94. The Labute approximate surface area is 108 Å². The summed E-state index contributed by atoms with van der Waals surface area (Å²) in [7, 11) is 2.18. The maximum atomic E-state index is 5.52. The molecule has 1 unspecified atom stereocenters. The van der Waals surface area contributed by atoms with Crippen molar-refractivity contribution in [2.24, 2.45) is 0 Å². The number of hydrogen-bond donors (Lipinski definition) is 1. The van der Waals surface area contributed by atoms with E-state index in [1.165, 1.54) is 19.4 Å². The maximum Gasteiger partial charge on any atom is 0.227 e. The number of likely N-dealkylation sites (tertiary alicyclic amines) is 1. The molecule has 3 heterocycles. The first kappa shape index (κ1) is 12.0. The highest BCUT2D eigenvalue weighted by Gasteiger charge is 2.23. The van der Waals surface area contributed by atoms with E-state index in [0.29, 0.717) is 5.92 Å². The van der Waals surface area contributed by atoms with Crippen molar-refractivity contribution in [3.63, 3.8) is 0 Å². The summed E-state index contributed by atoms with van der Waals surface area (Å²) >= 11 is 0. The minimum absolute atomic E-state index is 0.546. The Balaban J connectivity index is 1.68. The van der Waals surface area contributed by atoms with Gasteiger partial charge in [0.1, 0.15) is 0 Å². The molecule has 3 rings (SSSR count). The summed E-state index contributed by atoms with van der Waals surface area (Å²) in [6.45, 7) is 6.40. The molecule has 2 aliphatic heterocycles. The van der Waals surface area contributed by atoms with Crippen LogP contribution in [-0.4, -0.2) is 56.4 Å². The van der Waals surface area contributed by atoms with Gasteiger partial charge in [0, 0.05) is 44.7 Å². The lowest BCUT2D eigenvalue weighted by Gasteiger charge is -2.28. The van der Waals surface area contributed by atoms with Crippen LogP contribution in [0.3, 0.4) is 0 Å². The molecule has 0 aromatic carbocycles. The van der Waals surface area contributed by atoms with Crippen LogP contribution < -0.4 is 10.2 Å². The standard InChI is InChI=1S/C13H22N4O/c1-16-6-2-3-11(10-16)12-9-13(18-15-12)17-7-4-14-5-8-17/h9,11,14H,2-8,10H2,1H3. The molecule has 18 heavy (non-hydrogen) atoms. The van der Waals surface area contributed by atoms with Gasteiger partial charge in [0.25, 0.3) is 0 Å². The molecular weight excluding hydrogens is 228 g/mol. The smallest absolute Gasteiger partial charge is 0.227 e. The second-order valence-corrected chi connectivity index (χ2v) is 5.43. The number of likely N-dealkylation sites (N-methyl/N-ethyl adjacent to an activating group) is 1. The van der Waals surface area contributed by atoms with Crippen molar-refractivity contribution >= 4 is 5.88 Å². The summed E-state index contributed by atoms with van der Waals surface area (Å²) < 4.78 is 5.52. The Kier molecular flexibility index (Phi) is 3.52. The van der Waals surface area contributed by atoms with Gasteiger partial charge in [0.05, 0.1) is 5.69 Å². The average Bonchev–Trinajstić information content (AvgIpc) is 2.89. The summed E-state index contributed by atoms with van der Waals surface area (Å²) in [6, 6.07) is 2.15. The third-order valence-corrected chi connectivity index (χ3v) is 3.99. The first-order valence-corrected chi connectivity index (χ1v) is 6.94. The molecule has 0 bridgehead atoms. The normalized spacial score (nSPS) is 26.5. The summed E-state index contributed by atoms with van der Waals surface area (Å²) in [5.74, 6) is 1.49. The Bertz CT molecular complexity index is 386. The lowest BCUT2D eigenvalue weighted by molar-refractivity contribution is 0.244. The Morgan fingerprint density at radius 2 is 2.17 bits per heavy atom. The second-order valence-electron chi connectivity index (χ2n) is 5.43. The van der Waals surface area contributed by atoms with Crippen LogP contribution in [0.25, 0.3) is 0 Å². The molecule has 1 N–H and O–H groups in total. The number of aromatic nitrogens is 1. The third-order valence-electron chi connectivity index (χ3n) is 3.99. The number of anilines is 1. The molecule has 0 amide bonds. The predicted octanol–water partition coefficient (Wildman–Crippen LogP) is 0.893. The van der Waals surface area contributed by atoms with E-state index in [0.717, 1.165) is 44.3 Å². The number of rotatable bonds is 2. The van der Waals surface area contributed by atoms with Gasteiger partial charge in [0.15, 0.2) is 0 Å². The van der Waals surface area contributed by atoms with Crippen molar-refractivity contribution in [2.75, 3.05) is 51.2 Å². The number of nitrogens with zero attached hydrogens (tertiary/aromatic N) is 3. The molecule has 100 valence electrons. The highest BCUT2D eigenvalue weighted by Crippen LogP contribution is 2.28. The van der Waals surface area contributed by atoms with E-state index in [-0.39, 0.29) is 0 Å². The second kappa shape index (κ2) is 5.28. The number of hydrogen-bond acceptors (Lipinski definition) is 5. The first-order chi connectivity index (χ1) is 8.83. The molecule has 1 atom stereocenters. The zero-order valence-electron chi connectivity index (χ0n) is 11.1.